The van der Waals surface area contributed by atoms with Crippen LogP contribution in [0.25, 0.3) is 0 Å². The maximum atomic E-state index is 14.0. The van der Waals surface area contributed by atoms with Crippen LogP contribution in [0.5, 0.6) is 0 Å². The number of ether oxygens (including phenoxy) is 2. The van der Waals surface area contributed by atoms with Crippen molar-refractivity contribution in [2.75, 3.05) is 0 Å². The molecule has 192 valence electrons. The minimum Gasteiger partial charge on any atom is -0.459 e. The van der Waals surface area contributed by atoms with Gasteiger partial charge in [0.25, 0.3) is 0 Å². The van der Waals surface area contributed by atoms with Crippen LogP contribution in [0, 0.1) is 46.3 Å². The van der Waals surface area contributed by atoms with Gasteiger partial charge in [0.2, 0.25) is 0 Å². The molecule has 8 aliphatic carbocycles. The minimum atomic E-state index is -0.467. The molecule has 0 saturated heterocycles. The fourth-order valence-electron chi connectivity index (χ4n) is 9.61. The fraction of sp³-hybridized carbons (Fsp3) is 0.933. The second kappa shape index (κ2) is 8.23. The first-order valence-corrected chi connectivity index (χ1v) is 14.5. The second-order valence-corrected chi connectivity index (χ2v) is 13.9. The molecule has 8 rings (SSSR count). The van der Waals surface area contributed by atoms with E-state index in [9.17, 15) is 9.59 Å². The van der Waals surface area contributed by atoms with E-state index in [1.165, 1.54) is 38.5 Å². The van der Waals surface area contributed by atoms with Gasteiger partial charge in [-0.2, -0.15) is 0 Å². The summed E-state index contributed by atoms with van der Waals surface area (Å²) in [5, 5.41) is 0. The summed E-state index contributed by atoms with van der Waals surface area (Å²) in [7, 11) is 0. The molecule has 0 aromatic rings. The monoisotopic (exact) mass is 472 g/mol. The average molecular weight is 473 g/mol. The van der Waals surface area contributed by atoms with Gasteiger partial charge in [-0.15, -0.1) is 0 Å². The Morgan fingerprint density at radius 3 is 1.79 bits per heavy atom. The summed E-state index contributed by atoms with van der Waals surface area (Å²) in [5.41, 5.74) is -1.62. The summed E-state index contributed by atoms with van der Waals surface area (Å²) in [4.78, 5) is 27.1. The van der Waals surface area contributed by atoms with E-state index in [1.54, 1.807) is 0 Å². The Hall–Kier alpha value is -1.06. The molecule has 0 spiro atoms. The molecule has 8 bridgehead atoms. The molecule has 8 fully saturated rings. The molecule has 0 aromatic heterocycles. The molecule has 0 aliphatic heterocycles. The van der Waals surface area contributed by atoms with E-state index >= 15 is 0 Å². The van der Waals surface area contributed by atoms with E-state index in [2.05, 4.69) is 6.92 Å². The zero-order chi connectivity index (χ0) is 24.5. The van der Waals surface area contributed by atoms with E-state index in [0.29, 0.717) is 30.1 Å². The van der Waals surface area contributed by atoms with Gasteiger partial charge in [0.05, 0.1) is 10.8 Å². The van der Waals surface area contributed by atoms with Gasteiger partial charge in [-0.05, 0) is 127 Å². The van der Waals surface area contributed by atoms with Gasteiger partial charge in [-0.1, -0.05) is 20.8 Å². The molecule has 34 heavy (non-hydrogen) atoms. The van der Waals surface area contributed by atoms with Crippen LogP contribution >= 0.6 is 0 Å². The first kappa shape index (κ1) is 24.6. The molecule has 2 unspecified atom stereocenters. The smallest absolute Gasteiger partial charge is 0.312 e. The highest BCUT2D eigenvalue weighted by Crippen LogP contribution is 2.65. The SMILES string of the molecule is CC.CCC(C)(C)C(=O)OC12CC3CC(C1)CC(C(=O)OC1(C)C4CC5CC(C4)CC1C5)(C3)C2. The van der Waals surface area contributed by atoms with Gasteiger partial charge < -0.3 is 9.47 Å². The Labute approximate surface area is 207 Å². The Balaban J connectivity index is 0.00000117. The van der Waals surface area contributed by atoms with E-state index in [1.807, 2.05) is 34.6 Å². The molecule has 4 nitrogen and oxygen atoms in total. The number of rotatable bonds is 5. The second-order valence-electron chi connectivity index (χ2n) is 13.9. The molecule has 2 atom stereocenters. The van der Waals surface area contributed by atoms with Gasteiger partial charge in [0.15, 0.2) is 0 Å². The summed E-state index contributed by atoms with van der Waals surface area (Å²) < 4.78 is 13.0. The maximum absolute atomic E-state index is 14.0. The van der Waals surface area contributed by atoms with Gasteiger partial charge in [-0.25, -0.2) is 0 Å². The van der Waals surface area contributed by atoms with Crippen LogP contribution in [0.4, 0.5) is 0 Å². The van der Waals surface area contributed by atoms with Crippen LogP contribution in [-0.4, -0.2) is 23.1 Å². The molecule has 0 heterocycles. The van der Waals surface area contributed by atoms with Crippen molar-refractivity contribution in [3.63, 3.8) is 0 Å². The third kappa shape index (κ3) is 3.76. The van der Waals surface area contributed by atoms with Crippen molar-refractivity contribution in [3.05, 3.63) is 0 Å². The summed E-state index contributed by atoms with van der Waals surface area (Å²) >= 11 is 0. The van der Waals surface area contributed by atoms with Crippen molar-refractivity contribution < 1.29 is 19.1 Å². The summed E-state index contributed by atoms with van der Waals surface area (Å²) in [6.07, 6.45) is 12.8. The van der Waals surface area contributed by atoms with Crippen LogP contribution in [0.15, 0.2) is 0 Å². The van der Waals surface area contributed by atoms with Crippen LogP contribution in [-0.2, 0) is 19.1 Å². The molecule has 0 aromatic carbocycles. The average Bonchev–Trinajstić information content (AvgIpc) is 2.77. The van der Waals surface area contributed by atoms with E-state index < -0.39 is 16.4 Å². The topological polar surface area (TPSA) is 52.6 Å². The molecular formula is C30H48O4. The van der Waals surface area contributed by atoms with Crippen LogP contribution in [0.2, 0.25) is 0 Å². The predicted octanol–water partition coefficient (Wildman–Crippen LogP) is 7.09. The Kier molecular flexibility index (Phi) is 5.96. The highest BCUT2D eigenvalue weighted by Gasteiger charge is 2.65. The summed E-state index contributed by atoms with van der Waals surface area (Å²) in [6.45, 7) is 12.3. The van der Waals surface area contributed by atoms with E-state index in [-0.39, 0.29) is 17.5 Å². The lowest BCUT2D eigenvalue weighted by Gasteiger charge is -2.62. The minimum absolute atomic E-state index is 0.0525. The van der Waals surface area contributed by atoms with Crippen LogP contribution < -0.4 is 0 Å². The lowest BCUT2D eigenvalue weighted by molar-refractivity contribution is -0.238. The van der Waals surface area contributed by atoms with Gasteiger partial charge in [-0.3, -0.25) is 9.59 Å². The third-order valence-electron chi connectivity index (χ3n) is 11.3. The molecule has 0 radical (unpaired) electrons. The Morgan fingerprint density at radius 2 is 1.29 bits per heavy atom. The van der Waals surface area contributed by atoms with Crippen LogP contribution in [0.1, 0.15) is 119 Å². The Bertz CT molecular complexity index is 784. The number of hydrogen-bond acceptors (Lipinski definition) is 4. The first-order valence-electron chi connectivity index (χ1n) is 14.5. The van der Waals surface area contributed by atoms with Crippen molar-refractivity contribution >= 4 is 11.9 Å². The zero-order valence-corrected chi connectivity index (χ0v) is 22.6. The third-order valence-corrected chi connectivity index (χ3v) is 11.3. The normalized spacial score (nSPS) is 47.7. The van der Waals surface area contributed by atoms with Crippen molar-refractivity contribution in [2.24, 2.45) is 46.3 Å². The van der Waals surface area contributed by atoms with E-state index in [0.717, 1.165) is 43.9 Å². The van der Waals surface area contributed by atoms with Gasteiger partial charge >= 0.3 is 11.9 Å². The summed E-state index contributed by atoms with van der Waals surface area (Å²) in [5.74, 6) is 3.79. The lowest BCUT2D eigenvalue weighted by Crippen LogP contribution is -2.63. The largest absolute Gasteiger partial charge is 0.459 e. The predicted molar refractivity (Wildman–Crippen MR) is 133 cm³/mol. The van der Waals surface area contributed by atoms with Crippen molar-refractivity contribution in [3.8, 4) is 0 Å². The molecule has 8 saturated carbocycles. The molecular weight excluding hydrogens is 424 g/mol. The highest BCUT2D eigenvalue weighted by atomic mass is 16.6. The van der Waals surface area contributed by atoms with Crippen molar-refractivity contribution in [1.82, 2.24) is 0 Å². The Morgan fingerprint density at radius 1 is 0.794 bits per heavy atom. The van der Waals surface area contributed by atoms with Crippen molar-refractivity contribution in [2.45, 2.75) is 130 Å². The van der Waals surface area contributed by atoms with Crippen LogP contribution in [0.3, 0.4) is 0 Å². The first-order chi connectivity index (χ1) is 16.0. The molecule has 4 heteroatoms. The standard InChI is InChI=1S/C28H42O4.C2H6/c1-5-25(2,3)23(29)32-28-14-19-7-20(15-28)13-27(12-19,16-28)24(30)31-26(4)21-8-17-6-18(10-21)11-22(26)9-17;1-2/h17-22H,5-16H2,1-4H3;1-2H3. The molecule has 0 N–H and O–H groups in total. The number of hydrogen-bond donors (Lipinski definition) is 0. The number of carbonyl (C=O) groups excluding carboxylic acids is 2. The molecule has 0 amide bonds. The van der Waals surface area contributed by atoms with Crippen molar-refractivity contribution in [1.29, 1.82) is 0 Å². The quantitative estimate of drug-likeness (QED) is 0.401. The molecule has 8 aliphatic rings. The van der Waals surface area contributed by atoms with Gasteiger partial charge in [0, 0.05) is 6.42 Å². The highest BCUT2D eigenvalue weighted by molar-refractivity contribution is 5.79. The van der Waals surface area contributed by atoms with E-state index in [4.69, 9.17) is 9.47 Å². The zero-order valence-electron chi connectivity index (χ0n) is 22.6. The summed E-state index contributed by atoms with van der Waals surface area (Å²) in [6, 6.07) is 0. The lowest BCUT2D eigenvalue weighted by atomic mass is 9.47. The van der Waals surface area contributed by atoms with Gasteiger partial charge in [0.1, 0.15) is 11.2 Å². The number of carbonyl (C=O) groups is 2. The fourth-order valence-corrected chi connectivity index (χ4v) is 9.61. The maximum Gasteiger partial charge on any atom is 0.312 e. The number of esters is 2.